The number of hydrogen-bond donors (Lipinski definition) is 3. The van der Waals surface area contributed by atoms with E-state index in [0.717, 1.165) is 27.0 Å². The Kier molecular flexibility index (Phi) is 3.23. The Balaban J connectivity index is 2.29. The lowest BCUT2D eigenvalue weighted by Crippen LogP contribution is -2.14. The summed E-state index contributed by atoms with van der Waals surface area (Å²) in [4.78, 5) is 16.5. The maximum atomic E-state index is 12.0. The number of fused-ring (bicyclic) bond motifs is 3. The summed E-state index contributed by atoms with van der Waals surface area (Å²) in [7, 11) is 0. The molecule has 6 nitrogen and oxygen atoms in total. The lowest BCUT2D eigenvalue weighted by molar-refractivity contribution is 0.100. The minimum Gasteiger partial charge on any atom is -0.508 e. The van der Waals surface area contributed by atoms with Crippen LogP contribution in [0.2, 0.25) is 0 Å². The third-order valence-corrected chi connectivity index (χ3v) is 5.42. The van der Waals surface area contributed by atoms with Crippen molar-refractivity contribution in [1.82, 2.24) is 9.55 Å². The third-order valence-electron chi connectivity index (χ3n) is 4.51. The number of benzene rings is 1. The van der Waals surface area contributed by atoms with Crippen molar-refractivity contribution in [3.05, 3.63) is 46.5 Å². The molecule has 5 N–H and O–H groups in total. The topological polar surface area (TPSA) is 107 Å². The number of carbonyl (C=O) groups is 1. The molecule has 3 heterocycles. The van der Waals surface area contributed by atoms with Crippen molar-refractivity contribution in [2.75, 3.05) is 5.73 Å². The first-order valence-electron chi connectivity index (χ1n) is 7.67. The maximum absolute atomic E-state index is 12.0. The highest BCUT2D eigenvalue weighted by molar-refractivity contribution is 7.18. The molecule has 0 fully saturated rings. The van der Waals surface area contributed by atoms with Crippen molar-refractivity contribution in [3.63, 3.8) is 0 Å². The average Bonchev–Trinajstić information content (AvgIpc) is 3.14. The van der Waals surface area contributed by atoms with Crippen molar-refractivity contribution in [2.45, 2.75) is 13.8 Å². The molecule has 0 spiro atoms. The van der Waals surface area contributed by atoms with Gasteiger partial charge in [0.05, 0.1) is 27.0 Å². The second-order valence-corrected chi connectivity index (χ2v) is 6.91. The summed E-state index contributed by atoms with van der Waals surface area (Å²) in [5, 5.41) is 12.7. The highest BCUT2D eigenvalue weighted by Crippen LogP contribution is 2.39. The predicted molar refractivity (Wildman–Crippen MR) is 101 cm³/mol. The molecule has 7 heteroatoms. The number of hydrogen-bond acceptors (Lipinski definition) is 5. The highest BCUT2D eigenvalue weighted by atomic mass is 32.1. The molecule has 0 aliphatic heterocycles. The number of aromatic hydroxyl groups is 1. The van der Waals surface area contributed by atoms with Crippen LogP contribution in [0.25, 0.3) is 26.8 Å². The van der Waals surface area contributed by atoms with Crippen molar-refractivity contribution < 1.29 is 9.90 Å². The van der Waals surface area contributed by atoms with E-state index in [4.69, 9.17) is 11.5 Å². The van der Waals surface area contributed by atoms with E-state index < -0.39 is 5.91 Å². The van der Waals surface area contributed by atoms with Crippen molar-refractivity contribution in [3.8, 4) is 11.4 Å². The van der Waals surface area contributed by atoms with Crippen molar-refractivity contribution in [1.29, 1.82) is 0 Å². The Bertz CT molecular complexity index is 1170. The fraction of sp³-hybridized carbons (Fsp3) is 0.111. The van der Waals surface area contributed by atoms with Crippen LogP contribution in [-0.2, 0) is 0 Å². The SMILES string of the molecule is Cc1ccc(O)c(C)c1-n1c(N)c(C(N)=O)c2cnc3ccsc3c21. The number of amides is 1. The minimum absolute atomic E-state index is 0.166. The number of nitrogen functional groups attached to an aromatic ring is 1. The molecule has 1 aromatic carbocycles. The van der Waals surface area contributed by atoms with E-state index in [-0.39, 0.29) is 17.1 Å². The molecule has 0 saturated carbocycles. The van der Waals surface area contributed by atoms with Gasteiger partial charge < -0.3 is 16.6 Å². The summed E-state index contributed by atoms with van der Waals surface area (Å²) in [6.45, 7) is 3.75. The van der Waals surface area contributed by atoms with Gasteiger partial charge in [0.2, 0.25) is 0 Å². The number of aryl methyl sites for hydroxylation is 1. The molecule has 25 heavy (non-hydrogen) atoms. The van der Waals surface area contributed by atoms with Gasteiger partial charge in [-0.15, -0.1) is 11.3 Å². The second kappa shape index (κ2) is 5.22. The minimum atomic E-state index is -0.602. The normalized spacial score (nSPS) is 11.4. The molecule has 0 aliphatic rings. The first-order valence-corrected chi connectivity index (χ1v) is 8.55. The zero-order valence-electron chi connectivity index (χ0n) is 13.7. The summed E-state index contributed by atoms with van der Waals surface area (Å²) >= 11 is 1.52. The molecule has 0 atom stereocenters. The first kappa shape index (κ1) is 15.5. The Morgan fingerprint density at radius 3 is 2.76 bits per heavy atom. The predicted octanol–water partition coefficient (Wildman–Crippen LogP) is 3.24. The monoisotopic (exact) mass is 352 g/mol. The Hall–Kier alpha value is -3.06. The van der Waals surface area contributed by atoms with Gasteiger partial charge in [-0.05, 0) is 36.9 Å². The maximum Gasteiger partial charge on any atom is 0.253 e. The molecular formula is C18H16N4O2S. The third kappa shape index (κ3) is 2.02. The Labute approximate surface area is 147 Å². The van der Waals surface area contributed by atoms with Gasteiger partial charge in [-0.3, -0.25) is 14.3 Å². The number of pyridine rings is 1. The number of phenols is 1. The van der Waals surface area contributed by atoms with Crippen LogP contribution in [0.4, 0.5) is 5.82 Å². The molecule has 0 saturated heterocycles. The van der Waals surface area contributed by atoms with Gasteiger partial charge in [0, 0.05) is 17.1 Å². The summed E-state index contributed by atoms with van der Waals surface area (Å²) in [5.41, 5.74) is 16.2. The quantitative estimate of drug-likeness (QED) is 0.515. The van der Waals surface area contributed by atoms with Crippen LogP contribution in [0.15, 0.2) is 29.8 Å². The van der Waals surface area contributed by atoms with E-state index in [9.17, 15) is 9.90 Å². The lowest BCUT2D eigenvalue weighted by atomic mass is 10.1. The van der Waals surface area contributed by atoms with Gasteiger partial charge in [-0.25, -0.2) is 0 Å². The van der Waals surface area contributed by atoms with Gasteiger partial charge in [-0.1, -0.05) is 6.07 Å². The van der Waals surface area contributed by atoms with Gasteiger partial charge in [0.25, 0.3) is 5.91 Å². The second-order valence-electron chi connectivity index (χ2n) is 5.99. The number of aromatic nitrogens is 2. The van der Waals surface area contributed by atoms with E-state index in [1.54, 1.807) is 16.8 Å². The zero-order valence-corrected chi connectivity index (χ0v) is 14.5. The average molecular weight is 352 g/mol. The molecule has 0 aliphatic carbocycles. The van der Waals surface area contributed by atoms with Crippen LogP contribution >= 0.6 is 11.3 Å². The molecule has 1 amide bonds. The largest absolute Gasteiger partial charge is 0.508 e. The molecule has 0 unspecified atom stereocenters. The fourth-order valence-corrected chi connectivity index (χ4v) is 4.22. The van der Waals surface area contributed by atoms with E-state index in [1.165, 1.54) is 11.3 Å². The number of thiophene rings is 1. The molecular weight excluding hydrogens is 336 g/mol. The van der Waals surface area contributed by atoms with Gasteiger partial charge in [0.1, 0.15) is 11.6 Å². The highest BCUT2D eigenvalue weighted by Gasteiger charge is 2.24. The molecule has 0 bridgehead atoms. The van der Waals surface area contributed by atoms with E-state index >= 15 is 0 Å². The Morgan fingerprint density at radius 1 is 1.28 bits per heavy atom. The Morgan fingerprint density at radius 2 is 2.04 bits per heavy atom. The van der Waals surface area contributed by atoms with Gasteiger partial charge in [-0.2, -0.15) is 0 Å². The van der Waals surface area contributed by atoms with Crippen molar-refractivity contribution >= 4 is 44.2 Å². The number of rotatable bonds is 2. The fourth-order valence-electron chi connectivity index (χ4n) is 3.33. The molecule has 126 valence electrons. The van der Waals surface area contributed by atoms with Gasteiger partial charge >= 0.3 is 0 Å². The van der Waals surface area contributed by atoms with Crippen LogP contribution < -0.4 is 11.5 Å². The number of nitrogens with two attached hydrogens (primary N) is 2. The van der Waals surface area contributed by atoms with Crippen LogP contribution in [0, 0.1) is 13.8 Å². The number of carbonyl (C=O) groups excluding carboxylic acids is 1. The summed E-state index contributed by atoms with van der Waals surface area (Å²) in [5.74, 6) is -0.185. The van der Waals surface area contributed by atoms with E-state index in [2.05, 4.69) is 4.98 Å². The number of anilines is 1. The zero-order chi connectivity index (χ0) is 17.9. The van der Waals surface area contributed by atoms with E-state index in [0.29, 0.717) is 10.9 Å². The van der Waals surface area contributed by atoms with Crippen molar-refractivity contribution in [2.24, 2.45) is 5.73 Å². The van der Waals surface area contributed by atoms with Gasteiger partial charge in [0.15, 0.2) is 0 Å². The van der Waals surface area contributed by atoms with Crippen LogP contribution in [0.3, 0.4) is 0 Å². The number of phenolic OH excluding ortho intramolecular Hbond substituents is 1. The van der Waals surface area contributed by atoms with Crippen LogP contribution in [-0.4, -0.2) is 20.6 Å². The summed E-state index contributed by atoms with van der Waals surface area (Å²) < 4.78 is 2.72. The lowest BCUT2D eigenvalue weighted by Gasteiger charge is -2.16. The molecule has 4 aromatic rings. The smallest absolute Gasteiger partial charge is 0.253 e. The number of primary amides is 1. The molecule has 0 radical (unpaired) electrons. The molecule has 4 rings (SSSR count). The molecule has 3 aromatic heterocycles. The first-order chi connectivity index (χ1) is 11.9. The standard InChI is InChI=1S/C18H16N4O2S/c1-8-3-4-12(23)9(2)14(8)22-15-10(13(17(22)19)18(20)24)7-21-11-5-6-25-16(11)15/h3-7,23H,19H2,1-2H3,(H2,20,24). The number of nitrogens with zero attached hydrogens (tertiary/aromatic N) is 2. The van der Waals surface area contributed by atoms with Crippen LogP contribution in [0.5, 0.6) is 5.75 Å². The van der Waals surface area contributed by atoms with E-state index in [1.807, 2.05) is 31.4 Å². The summed E-state index contributed by atoms with van der Waals surface area (Å²) in [6, 6.07) is 5.38. The summed E-state index contributed by atoms with van der Waals surface area (Å²) in [6.07, 6.45) is 1.63. The van der Waals surface area contributed by atoms with Crippen LogP contribution in [0.1, 0.15) is 21.5 Å².